The summed E-state index contributed by atoms with van der Waals surface area (Å²) in [7, 11) is 0. The number of nitrogens with zero attached hydrogens (tertiary/aromatic N) is 4. The molecule has 0 fully saturated rings. The van der Waals surface area contributed by atoms with Crippen molar-refractivity contribution in [3.8, 4) is 11.3 Å². The van der Waals surface area contributed by atoms with Gasteiger partial charge < -0.3 is 10.2 Å². The van der Waals surface area contributed by atoms with Crippen molar-refractivity contribution in [3.05, 3.63) is 46.2 Å². The lowest BCUT2D eigenvalue weighted by Crippen LogP contribution is -2.01. The van der Waals surface area contributed by atoms with E-state index in [4.69, 9.17) is 33.4 Å². The van der Waals surface area contributed by atoms with Crippen LogP contribution in [0.5, 0.6) is 0 Å². The number of benzene rings is 1. The third kappa shape index (κ3) is 3.74. The Labute approximate surface area is 146 Å². The van der Waals surface area contributed by atoms with E-state index in [0.717, 1.165) is 0 Å². The maximum atomic E-state index is 6.18. The van der Waals surface area contributed by atoms with E-state index in [1.165, 1.54) is 11.8 Å². The van der Waals surface area contributed by atoms with Gasteiger partial charge in [-0.1, -0.05) is 41.0 Å². The summed E-state index contributed by atoms with van der Waals surface area (Å²) in [6.07, 6.45) is 1.61. The number of aryl methyl sites for hydroxylation is 1. The zero-order chi connectivity index (χ0) is 16.4. The summed E-state index contributed by atoms with van der Waals surface area (Å²) in [5, 5.41) is 1.42. The highest BCUT2D eigenvalue weighted by Gasteiger charge is 2.13. The molecule has 0 saturated carbocycles. The van der Waals surface area contributed by atoms with E-state index in [-0.39, 0.29) is 5.95 Å². The van der Waals surface area contributed by atoms with E-state index in [2.05, 4.69) is 19.9 Å². The number of rotatable bonds is 4. The third-order valence-electron chi connectivity index (χ3n) is 2.84. The number of nitrogen functional groups attached to an aromatic ring is 1. The van der Waals surface area contributed by atoms with Gasteiger partial charge in [0.25, 0.3) is 0 Å². The van der Waals surface area contributed by atoms with E-state index in [1.807, 2.05) is 6.07 Å². The first kappa shape index (κ1) is 16.0. The van der Waals surface area contributed by atoms with Crippen LogP contribution >= 0.6 is 35.0 Å². The molecule has 6 nitrogen and oxygen atoms in total. The topological polar surface area (TPSA) is 90.7 Å². The molecular formula is C14H11Cl2N5OS. The number of aromatic nitrogens is 4. The van der Waals surface area contributed by atoms with Crippen molar-refractivity contribution < 1.29 is 4.42 Å². The molecular weight excluding hydrogens is 357 g/mol. The molecule has 3 aromatic rings. The van der Waals surface area contributed by atoms with Crippen molar-refractivity contribution in [1.29, 1.82) is 0 Å². The molecule has 9 heteroatoms. The molecule has 0 saturated heterocycles. The minimum atomic E-state index is 0.193. The lowest BCUT2D eigenvalue weighted by Gasteiger charge is -2.02. The molecule has 0 radical (unpaired) electrons. The van der Waals surface area contributed by atoms with Crippen LogP contribution in [0.2, 0.25) is 10.0 Å². The summed E-state index contributed by atoms with van der Waals surface area (Å²) in [6.45, 7) is 1.76. The van der Waals surface area contributed by atoms with E-state index in [0.29, 0.717) is 44.0 Å². The Morgan fingerprint density at radius 1 is 1.22 bits per heavy atom. The molecule has 0 aliphatic heterocycles. The van der Waals surface area contributed by atoms with Gasteiger partial charge in [0.1, 0.15) is 5.82 Å². The van der Waals surface area contributed by atoms with Crippen LogP contribution in [0.3, 0.4) is 0 Å². The Kier molecular flexibility index (Phi) is 4.70. The standard InChI is InChI=1S/C14H11Cl2N5OS/c1-7-19-13(17)21-14(20-7)23-6-11-18-5-10(22-11)8-3-2-4-9(15)12(8)16/h2-5H,6H2,1H3,(H2,17,19,20,21). The minimum absolute atomic E-state index is 0.193. The second-order valence-electron chi connectivity index (χ2n) is 4.53. The molecule has 2 N–H and O–H groups in total. The second-order valence-corrected chi connectivity index (χ2v) is 6.26. The molecule has 3 rings (SSSR count). The third-order valence-corrected chi connectivity index (χ3v) is 4.49. The number of anilines is 1. The lowest BCUT2D eigenvalue weighted by molar-refractivity contribution is 0.530. The fraction of sp³-hybridized carbons (Fsp3) is 0.143. The van der Waals surface area contributed by atoms with Gasteiger partial charge in [-0.15, -0.1) is 0 Å². The van der Waals surface area contributed by atoms with Crippen LogP contribution in [0.15, 0.2) is 34.0 Å². The van der Waals surface area contributed by atoms with Gasteiger partial charge in [-0.05, 0) is 19.1 Å². The Morgan fingerprint density at radius 3 is 2.83 bits per heavy atom. The monoisotopic (exact) mass is 367 g/mol. The largest absolute Gasteiger partial charge is 0.440 e. The Bertz CT molecular complexity index is 835. The average Bonchev–Trinajstić information content (AvgIpc) is 2.96. The molecule has 0 aliphatic carbocycles. The molecule has 2 aromatic heterocycles. The summed E-state index contributed by atoms with van der Waals surface area (Å²) in [4.78, 5) is 16.4. The van der Waals surface area contributed by atoms with Crippen LogP contribution in [0.4, 0.5) is 5.95 Å². The van der Waals surface area contributed by atoms with Gasteiger partial charge in [0.2, 0.25) is 11.8 Å². The number of oxazole rings is 1. The van der Waals surface area contributed by atoms with Crippen LogP contribution in [-0.2, 0) is 5.75 Å². The SMILES string of the molecule is Cc1nc(N)nc(SCc2ncc(-c3cccc(Cl)c3Cl)o2)n1. The molecule has 0 bridgehead atoms. The lowest BCUT2D eigenvalue weighted by atomic mass is 10.2. The minimum Gasteiger partial charge on any atom is -0.440 e. The van der Waals surface area contributed by atoms with Gasteiger partial charge >= 0.3 is 0 Å². The quantitative estimate of drug-likeness (QED) is 0.696. The van der Waals surface area contributed by atoms with E-state index < -0.39 is 0 Å². The van der Waals surface area contributed by atoms with Crippen LogP contribution in [0.1, 0.15) is 11.7 Å². The average molecular weight is 368 g/mol. The van der Waals surface area contributed by atoms with Gasteiger partial charge in [-0.3, -0.25) is 0 Å². The van der Waals surface area contributed by atoms with Gasteiger partial charge in [-0.25, -0.2) is 9.97 Å². The molecule has 0 aliphatic rings. The maximum absolute atomic E-state index is 6.18. The highest BCUT2D eigenvalue weighted by Crippen LogP contribution is 2.34. The number of thioether (sulfide) groups is 1. The Balaban J connectivity index is 1.76. The highest BCUT2D eigenvalue weighted by molar-refractivity contribution is 7.98. The molecule has 0 atom stereocenters. The first-order valence-corrected chi connectivity index (χ1v) is 8.27. The summed E-state index contributed by atoms with van der Waals surface area (Å²) in [5.41, 5.74) is 6.29. The van der Waals surface area contributed by atoms with Crippen LogP contribution in [0, 0.1) is 6.92 Å². The van der Waals surface area contributed by atoms with Crippen molar-refractivity contribution in [3.63, 3.8) is 0 Å². The molecule has 1 aromatic carbocycles. The van der Waals surface area contributed by atoms with Crippen LogP contribution in [-0.4, -0.2) is 19.9 Å². The number of nitrogens with two attached hydrogens (primary N) is 1. The summed E-state index contributed by atoms with van der Waals surface area (Å²) >= 11 is 13.5. The number of halogens is 2. The highest BCUT2D eigenvalue weighted by atomic mass is 35.5. The first-order valence-electron chi connectivity index (χ1n) is 6.53. The second kappa shape index (κ2) is 6.74. The Hall–Kier alpha value is -1.83. The zero-order valence-electron chi connectivity index (χ0n) is 12.0. The van der Waals surface area contributed by atoms with Crippen molar-refractivity contribution in [1.82, 2.24) is 19.9 Å². The summed E-state index contributed by atoms with van der Waals surface area (Å²) in [6, 6.07) is 5.34. The Morgan fingerprint density at radius 2 is 2.04 bits per heavy atom. The smallest absolute Gasteiger partial charge is 0.224 e. The predicted octanol–water partition coefficient (Wildman–Crippen LogP) is 4.02. The predicted molar refractivity (Wildman–Crippen MR) is 90.5 cm³/mol. The summed E-state index contributed by atoms with van der Waals surface area (Å²) in [5.74, 6) is 2.30. The zero-order valence-corrected chi connectivity index (χ0v) is 14.3. The number of hydrogen-bond donors (Lipinski definition) is 1. The summed E-state index contributed by atoms with van der Waals surface area (Å²) < 4.78 is 5.71. The fourth-order valence-electron chi connectivity index (χ4n) is 1.86. The molecule has 2 heterocycles. The van der Waals surface area contributed by atoms with Crippen molar-refractivity contribution in [2.45, 2.75) is 17.8 Å². The van der Waals surface area contributed by atoms with Crippen molar-refractivity contribution in [2.75, 3.05) is 5.73 Å². The molecule has 23 heavy (non-hydrogen) atoms. The number of hydrogen-bond acceptors (Lipinski definition) is 7. The molecule has 0 unspecified atom stereocenters. The van der Waals surface area contributed by atoms with Gasteiger partial charge in [0, 0.05) is 5.56 Å². The van der Waals surface area contributed by atoms with Gasteiger partial charge in [0.05, 0.1) is 22.0 Å². The van der Waals surface area contributed by atoms with Crippen molar-refractivity contribution >= 4 is 40.9 Å². The first-order chi connectivity index (χ1) is 11.0. The fourth-order valence-corrected chi connectivity index (χ4v) is 3.00. The normalized spacial score (nSPS) is 10.9. The van der Waals surface area contributed by atoms with E-state index in [9.17, 15) is 0 Å². The van der Waals surface area contributed by atoms with Crippen LogP contribution in [0.25, 0.3) is 11.3 Å². The maximum Gasteiger partial charge on any atom is 0.224 e. The van der Waals surface area contributed by atoms with Gasteiger partial charge in [-0.2, -0.15) is 9.97 Å². The van der Waals surface area contributed by atoms with Gasteiger partial charge in [0.15, 0.2) is 10.9 Å². The van der Waals surface area contributed by atoms with E-state index in [1.54, 1.807) is 25.3 Å². The van der Waals surface area contributed by atoms with Crippen LogP contribution < -0.4 is 5.73 Å². The van der Waals surface area contributed by atoms with Crippen molar-refractivity contribution in [2.24, 2.45) is 0 Å². The molecule has 118 valence electrons. The molecule has 0 spiro atoms. The van der Waals surface area contributed by atoms with E-state index >= 15 is 0 Å². The molecule has 0 amide bonds.